The van der Waals surface area contributed by atoms with Crippen LogP contribution < -0.4 is 4.74 Å². The van der Waals surface area contributed by atoms with Crippen molar-refractivity contribution in [3.05, 3.63) is 65.2 Å². The highest BCUT2D eigenvalue weighted by Gasteiger charge is 2.24. The van der Waals surface area contributed by atoms with Crippen LogP contribution >= 0.6 is 0 Å². The van der Waals surface area contributed by atoms with Gasteiger partial charge in [0, 0.05) is 12.3 Å². The van der Waals surface area contributed by atoms with Crippen molar-refractivity contribution >= 4 is 5.97 Å². The molecule has 0 bridgehead atoms. The summed E-state index contributed by atoms with van der Waals surface area (Å²) in [6, 6.07) is 16.6. The van der Waals surface area contributed by atoms with Crippen molar-refractivity contribution in [2.45, 2.75) is 52.4 Å². The van der Waals surface area contributed by atoms with Gasteiger partial charge < -0.3 is 4.74 Å². The number of hydrogen-bond acceptors (Lipinski definition) is 2. The number of ether oxygens (including phenoxy) is 1. The van der Waals surface area contributed by atoms with Gasteiger partial charge in [-0.1, -0.05) is 71.0 Å². The van der Waals surface area contributed by atoms with E-state index in [0.29, 0.717) is 5.75 Å². The number of esters is 1. The van der Waals surface area contributed by atoms with Crippen LogP contribution in [0.2, 0.25) is 0 Å². The van der Waals surface area contributed by atoms with Crippen molar-refractivity contribution in [1.82, 2.24) is 0 Å². The maximum Gasteiger partial charge on any atom is 0.308 e. The molecule has 2 nitrogen and oxygen atoms in total. The Bertz CT molecular complexity index is 671. The zero-order chi connectivity index (χ0) is 17.3. The quantitative estimate of drug-likeness (QED) is 0.573. The Morgan fingerprint density at radius 1 is 0.739 bits per heavy atom. The highest BCUT2D eigenvalue weighted by atomic mass is 16.5. The smallest absolute Gasteiger partial charge is 0.308 e. The molecule has 0 unspecified atom stereocenters. The van der Waals surface area contributed by atoms with E-state index in [4.69, 9.17) is 4.74 Å². The van der Waals surface area contributed by atoms with E-state index in [1.165, 1.54) is 23.6 Å². The summed E-state index contributed by atoms with van der Waals surface area (Å²) < 4.78 is 5.10. The predicted molar refractivity (Wildman–Crippen MR) is 95.0 cm³/mol. The monoisotopic (exact) mass is 310 g/mol. The molecule has 0 spiro atoms. The fourth-order valence-corrected chi connectivity index (χ4v) is 2.66. The normalized spacial score (nSPS) is 12.1. The molecule has 0 N–H and O–H groups in total. The molecule has 0 saturated carbocycles. The molecular weight excluding hydrogens is 284 g/mol. The third-order valence-electron chi connectivity index (χ3n) is 4.31. The molecule has 0 aliphatic carbocycles. The van der Waals surface area contributed by atoms with Gasteiger partial charge >= 0.3 is 5.97 Å². The largest absolute Gasteiger partial charge is 0.427 e. The Labute approximate surface area is 139 Å². The number of carbonyl (C=O) groups is 1. The van der Waals surface area contributed by atoms with Crippen molar-refractivity contribution < 1.29 is 9.53 Å². The van der Waals surface area contributed by atoms with Crippen molar-refractivity contribution in [2.75, 3.05) is 0 Å². The summed E-state index contributed by atoms with van der Waals surface area (Å²) in [7, 11) is 0. The molecule has 122 valence electrons. The standard InChI is InChI=1S/C21H26O2/c1-15(22)23-19-13-11-18(12-14-19)21(5,6)17-9-7-16(8-10-17)20(2,3)4/h7-14H,1-6H3. The van der Waals surface area contributed by atoms with Crippen LogP contribution in [-0.4, -0.2) is 5.97 Å². The second-order valence-corrected chi connectivity index (χ2v) is 7.57. The van der Waals surface area contributed by atoms with Crippen LogP contribution in [-0.2, 0) is 15.6 Å². The van der Waals surface area contributed by atoms with E-state index >= 15 is 0 Å². The summed E-state index contributed by atoms with van der Waals surface area (Å²) in [6.07, 6.45) is 0. The Morgan fingerprint density at radius 3 is 1.52 bits per heavy atom. The topological polar surface area (TPSA) is 26.3 Å². The van der Waals surface area contributed by atoms with Gasteiger partial charge in [-0.3, -0.25) is 4.79 Å². The number of benzene rings is 2. The molecule has 2 heteroatoms. The van der Waals surface area contributed by atoms with Gasteiger partial charge in [0.1, 0.15) is 5.75 Å². The Balaban J connectivity index is 2.28. The molecule has 23 heavy (non-hydrogen) atoms. The van der Waals surface area contributed by atoms with E-state index < -0.39 is 0 Å². The lowest BCUT2D eigenvalue weighted by atomic mass is 9.77. The van der Waals surface area contributed by atoms with Gasteiger partial charge in [-0.15, -0.1) is 0 Å². The summed E-state index contributed by atoms with van der Waals surface area (Å²) in [5, 5.41) is 0. The average Bonchev–Trinajstić information content (AvgIpc) is 2.46. The molecule has 0 amide bonds. The van der Waals surface area contributed by atoms with Crippen molar-refractivity contribution in [3.8, 4) is 5.75 Å². The highest BCUT2D eigenvalue weighted by Crippen LogP contribution is 2.33. The second-order valence-electron chi connectivity index (χ2n) is 7.57. The molecular formula is C21H26O2. The third-order valence-corrected chi connectivity index (χ3v) is 4.31. The van der Waals surface area contributed by atoms with Gasteiger partial charge in [0.2, 0.25) is 0 Å². The molecule has 0 saturated heterocycles. The lowest BCUT2D eigenvalue weighted by molar-refractivity contribution is -0.131. The van der Waals surface area contributed by atoms with Gasteiger partial charge in [-0.05, 0) is 34.2 Å². The van der Waals surface area contributed by atoms with Crippen molar-refractivity contribution in [2.24, 2.45) is 0 Å². The van der Waals surface area contributed by atoms with Gasteiger partial charge in [-0.25, -0.2) is 0 Å². The average molecular weight is 310 g/mol. The van der Waals surface area contributed by atoms with Crippen molar-refractivity contribution in [3.63, 3.8) is 0 Å². The summed E-state index contributed by atoms with van der Waals surface area (Å²) in [5.41, 5.74) is 3.85. The first-order valence-electron chi connectivity index (χ1n) is 8.01. The molecule has 0 aliphatic rings. The van der Waals surface area contributed by atoms with E-state index in [1.54, 1.807) is 0 Å². The van der Waals surface area contributed by atoms with E-state index in [2.05, 4.69) is 58.9 Å². The van der Waals surface area contributed by atoms with Gasteiger partial charge in [0.15, 0.2) is 0 Å². The first-order valence-corrected chi connectivity index (χ1v) is 8.01. The maximum atomic E-state index is 11.0. The van der Waals surface area contributed by atoms with Crippen LogP contribution in [0.15, 0.2) is 48.5 Å². The predicted octanol–water partition coefficient (Wildman–Crippen LogP) is 5.24. The minimum Gasteiger partial charge on any atom is -0.427 e. The molecule has 0 aliphatic heterocycles. The van der Waals surface area contributed by atoms with E-state index in [-0.39, 0.29) is 16.8 Å². The first-order chi connectivity index (χ1) is 10.6. The SMILES string of the molecule is CC(=O)Oc1ccc(C(C)(C)c2ccc(C(C)(C)C)cc2)cc1. The van der Waals surface area contributed by atoms with Crippen molar-refractivity contribution in [1.29, 1.82) is 0 Å². The summed E-state index contributed by atoms with van der Waals surface area (Å²) in [5.74, 6) is 0.287. The van der Waals surface area contributed by atoms with E-state index in [0.717, 1.165) is 0 Å². The number of rotatable bonds is 3. The van der Waals surface area contributed by atoms with Crippen LogP contribution in [0.3, 0.4) is 0 Å². The molecule has 0 aromatic heterocycles. The summed E-state index contributed by atoms with van der Waals surface area (Å²) in [4.78, 5) is 11.0. The Morgan fingerprint density at radius 2 is 1.13 bits per heavy atom. The fraction of sp³-hybridized carbons (Fsp3) is 0.381. The molecule has 0 atom stereocenters. The molecule has 0 heterocycles. The summed E-state index contributed by atoms with van der Waals surface area (Å²) >= 11 is 0. The van der Waals surface area contributed by atoms with Crippen LogP contribution in [0.5, 0.6) is 5.75 Å². The fourth-order valence-electron chi connectivity index (χ4n) is 2.66. The van der Waals surface area contributed by atoms with Gasteiger partial charge in [-0.2, -0.15) is 0 Å². The molecule has 2 aromatic rings. The van der Waals surface area contributed by atoms with Crippen LogP contribution in [0.4, 0.5) is 0 Å². The Hall–Kier alpha value is -2.09. The molecule has 0 radical (unpaired) electrons. The molecule has 0 fully saturated rings. The maximum absolute atomic E-state index is 11.0. The van der Waals surface area contributed by atoms with Crippen LogP contribution in [0, 0.1) is 0 Å². The van der Waals surface area contributed by atoms with E-state index in [9.17, 15) is 4.79 Å². The summed E-state index contributed by atoms with van der Waals surface area (Å²) in [6.45, 7) is 12.5. The minimum absolute atomic E-state index is 0.106. The lowest BCUT2D eigenvalue weighted by Crippen LogP contribution is -2.19. The van der Waals surface area contributed by atoms with E-state index in [1.807, 2.05) is 24.3 Å². The first kappa shape index (κ1) is 17.3. The third kappa shape index (κ3) is 4.01. The highest BCUT2D eigenvalue weighted by molar-refractivity contribution is 5.69. The lowest BCUT2D eigenvalue weighted by Gasteiger charge is -2.27. The molecule has 2 aromatic carbocycles. The molecule has 2 rings (SSSR count). The second kappa shape index (κ2) is 6.19. The number of hydrogen-bond donors (Lipinski definition) is 0. The zero-order valence-corrected chi connectivity index (χ0v) is 14.9. The van der Waals surface area contributed by atoms with Crippen LogP contribution in [0.25, 0.3) is 0 Å². The number of carbonyl (C=O) groups excluding carboxylic acids is 1. The Kier molecular flexibility index (Phi) is 4.65. The van der Waals surface area contributed by atoms with Crippen LogP contribution in [0.1, 0.15) is 58.2 Å². The van der Waals surface area contributed by atoms with Gasteiger partial charge in [0.05, 0.1) is 0 Å². The minimum atomic E-state index is -0.297. The van der Waals surface area contributed by atoms with Gasteiger partial charge in [0.25, 0.3) is 0 Å². The zero-order valence-electron chi connectivity index (χ0n) is 14.9.